The minimum absolute atomic E-state index is 0.0354. The topological polar surface area (TPSA) is 47.3 Å². The highest BCUT2D eigenvalue weighted by Crippen LogP contribution is 2.23. The van der Waals surface area contributed by atoms with E-state index in [2.05, 4.69) is 20.9 Å². The number of nitrogens with zero attached hydrogens (tertiary/aromatic N) is 2. The van der Waals surface area contributed by atoms with Gasteiger partial charge >= 0.3 is 0 Å². The van der Waals surface area contributed by atoms with Gasteiger partial charge in [-0.25, -0.2) is 4.98 Å². The second kappa shape index (κ2) is 5.33. The maximum absolute atomic E-state index is 8.95. The van der Waals surface area contributed by atoms with Crippen LogP contribution in [0.1, 0.15) is 11.3 Å². The van der Waals surface area contributed by atoms with Crippen LogP contribution in [0, 0.1) is 0 Å². The van der Waals surface area contributed by atoms with Crippen molar-refractivity contribution in [2.75, 3.05) is 7.11 Å². The second-order valence-corrected chi connectivity index (χ2v) is 4.51. The molecule has 0 aliphatic carbocycles. The van der Waals surface area contributed by atoms with Crippen molar-refractivity contribution in [2.24, 2.45) is 0 Å². The van der Waals surface area contributed by atoms with Gasteiger partial charge in [0.25, 0.3) is 0 Å². The number of benzene rings is 1. The summed E-state index contributed by atoms with van der Waals surface area (Å²) in [6, 6.07) is 5.83. The number of methoxy groups -OCH3 is 1. The first-order chi connectivity index (χ1) is 8.22. The average molecular weight is 297 g/mol. The van der Waals surface area contributed by atoms with Crippen LogP contribution in [0.15, 0.2) is 35.2 Å². The van der Waals surface area contributed by atoms with E-state index in [0.29, 0.717) is 12.2 Å². The summed E-state index contributed by atoms with van der Waals surface area (Å²) in [5.74, 6) is 0.825. The number of aliphatic hydroxyl groups is 1. The van der Waals surface area contributed by atoms with Crippen LogP contribution >= 0.6 is 15.9 Å². The number of imidazole rings is 1. The molecule has 1 aromatic heterocycles. The van der Waals surface area contributed by atoms with Gasteiger partial charge in [0.05, 0.1) is 25.7 Å². The molecule has 2 rings (SSSR count). The summed E-state index contributed by atoms with van der Waals surface area (Å²) in [6.45, 7) is 0.650. The van der Waals surface area contributed by atoms with E-state index in [1.165, 1.54) is 0 Å². The molecule has 1 aromatic carbocycles. The second-order valence-electron chi connectivity index (χ2n) is 3.65. The molecule has 0 saturated carbocycles. The molecule has 0 fully saturated rings. The number of aromatic nitrogens is 2. The Kier molecular flexibility index (Phi) is 3.81. The highest BCUT2D eigenvalue weighted by molar-refractivity contribution is 9.10. The molecule has 90 valence electrons. The molecule has 0 bridgehead atoms. The van der Waals surface area contributed by atoms with Crippen LogP contribution in [0.2, 0.25) is 0 Å². The zero-order valence-corrected chi connectivity index (χ0v) is 11.0. The van der Waals surface area contributed by atoms with Gasteiger partial charge in [-0.1, -0.05) is 15.9 Å². The Morgan fingerprint density at radius 1 is 1.47 bits per heavy atom. The smallest absolute Gasteiger partial charge is 0.119 e. The van der Waals surface area contributed by atoms with Gasteiger partial charge in [-0.15, -0.1) is 0 Å². The van der Waals surface area contributed by atoms with Crippen molar-refractivity contribution in [3.05, 3.63) is 46.5 Å². The molecule has 17 heavy (non-hydrogen) atoms. The Morgan fingerprint density at radius 2 is 2.29 bits per heavy atom. The van der Waals surface area contributed by atoms with Crippen molar-refractivity contribution < 1.29 is 9.84 Å². The molecule has 0 aliphatic rings. The summed E-state index contributed by atoms with van der Waals surface area (Å²) in [6.07, 6.45) is 3.53. The highest BCUT2D eigenvalue weighted by atomic mass is 79.9. The first-order valence-electron chi connectivity index (χ1n) is 5.17. The molecule has 1 heterocycles. The first-order valence-corrected chi connectivity index (χ1v) is 5.96. The zero-order valence-electron chi connectivity index (χ0n) is 9.43. The van der Waals surface area contributed by atoms with Crippen LogP contribution in [-0.2, 0) is 13.2 Å². The summed E-state index contributed by atoms with van der Waals surface area (Å²) < 4.78 is 8.14. The van der Waals surface area contributed by atoms with Gasteiger partial charge in [-0.3, -0.25) is 0 Å². The molecule has 1 N–H and O–H groups in total. The van der Waals surface area contributed by atoms with Crippen LogP contribution in [0.5, 0.6) is 5.75 Å². The van der Waals surface area contributed by atoms with Crippen molar-refractivity contribution in [1.29, 1.82) is 0 Å². The van der Waals surface area contributed by atoms with Crippen molar-refractivity contribution in [1.82, 2.24) is 9.55 Å². The number of ether oxygens (including phenoxy) is 1. The lowest BCUT2D eigenvalue weighted by Crippen LogP contribution is -1.98. The number of halogens is 1. The van der Waals surface area contributed by atoms with E-state index in [9.17, 15) is 0 Å². The van der Waals surface area contributed by atoms with E-state index in [0.717, 1.165) is 15.8 Å². The van der Waals surface area contributed by atoms with E-state index in [-0.39, 0.29) is 6.61 Å². The first kappa shape index (κ1) is 12.1. The largest absolute Gasteiger partial charge is 0.497 e. The van der Waals surface area contributed by atoms with Crippen molar-refractivity contribution >= 4 is 15.9 Å². The minimum atomic E-state index is -0.0354. The SMILES string of the molecule is COc1ccc(Br)c(Cn2cnc(CO)c2)c1. The van der Waals surface area contributed by atoms with Gasteiger partial charge in [0, 0.05) is 17.2 Å². The maximum atomic E-state index is 8.95. The fraction of sp³-hybridized carbons (Fsp3) is 0.250. The van der Waals surface area contributed by atoms with Crippen LogP contribution in [0.4, 0.5) is 0 Å². The van der Waals surface area contributed by atoms with E-state index in [1.54, 1.807) is 13.4 Å². The van der Waals surface area contributed by atoms with E-state index in [4.69, 9.17) is 9.84 Å². The van der Waals surface area contributed by atoms with Crippen LogP contribution < -0.4 is 4.74 Å². The minimum Gasteiger partial charge on any atom is -0.497 e. The third-order valence-corrected chi connectivity index (χ3v) is 3.23. The normalized spacial score (nSPS) is 10.5. The molecule has 0 spiro atoms. The van der Waals surface area contributed by atoms with Gasteiger partial charge in [0.15, 0.2) is 0 Å². The fourth-order valence-electron chi connectivity index (χ4n) is 1.57. The van der Waals surface area contributed by atoms with Crippen molar-refractivity contribution in [2.45, 2.75) is 13.2 Å². The molecule has 5 heteroatoms. The Bertz CT molecular complexity index is 511. The molecule has 0 saturated heterocycles. The summed E-state index contributed by atoms with van der Waals surface area (Å²) >= 11 is 3.50. The summed E-state index contributed by atoms with van der Waals surface area (Å²) in [4.78, 5) is 4.07. The average Bonchev–Trinajstić information content (AvgIpc) is 2.80. The lowest BCUT2D eigenvalue weighted by molar-refractivity contribution is 0.277. The van der Waals surface area contributed by atoms with E-state index >= 15 is 0 Å². The van der Waals surface area contributed by atoms with Crippen molar-refractivity contribution in [3.63, 3.8) is 0 Å². The van der Waals surface area contributed by atoms with Crippen molar-refractivity contribution in [3.8, 4) is 5.75 Å². The lowest BCUT2D eigenvalue weighted by Gasteiger charge is -2.07. The molecular weight excluding hydrogens is 284 g/mol. The van der Waals surface area contributed by atoms with Gasteiger partial charge in [0.1, 0.15) is 5.75 Å². The van der Waals surface area contributed by atoms with Crippen LogP contribution in [-0.4, -0.2) is 21.8 Å². The van der Waals surface area contributed by atoms with Crippen LogP contribution in [0.3, 0.4) is 0 Å². The van der Waals surface area contributed by atoms with E-state index < -0.39 is 0 Å². The van der Waals surface area contributed by atoms with Gasteiger partial charge in [0.2, 0.25) is 0 Å². The number of hydrogen-bond donors (Lipinski definition) is 1. The highest BCUT2D eigenvalue weighted by Gasteiger charge is 2.04. The predicted octanol–water partition coefficient (Wildman–Crippen LogP) is 2.19. The summed E-state index contributed by atoms with van der Waals surface area (Å²) in [7, 11) is 1.65. The molecule has 0 unspecified atom stereocenters. The Labute approximate surface area is 108 Å². The quantitative estimate of drug-likeness (QED) is 0.941. The fourth-order valence-corrected chi connectivity index (χ4v) is 1.94. The molecule has 2 aromatic rings. The predicted molar refractivity (Wildman–Crippen MR) is 67.9 cm³/mol. The Balaban J connectivity index is 2.22. The lowest BCUT2D eigenvalue weighted by atomic mass is 10.2. The zero-order chi connectivity index (χ0) is 12.3. The molecule has 0 radical (unpaired) electrons. The monoisotopic (exact) mass is 296 g/mol. The third-order valence-electron chi connectivity index (χ3n) is 2.45. The van der Waals surface area contributed by atoms with Gasteiger partial charge < -0.3 is 14.4 Å². The van der Waals surface area contributed by atoms with Crippen LogP contribution in [0.25, 0.3) is 0 Å². The Hall–Kier alpha value is -1.33. The van der Waals surface area contributed by atoms with Gasteiger partial charge in [-0.2, -0.15) is 0 Å². The molecule has 0 atom stereocenters. The van der Waals surface area contributed by atoms with E-state index in [1.807, 2.05) is 29.0 Å². The number of aliphatic hydroxyl groups excluding tert-OH is 1. The standard InChI is InChI=1S/C12H13BrN2O2/c1-17-11-2-3-12(13)9(4-11)5-15-6-10(7-16)14-8-15/h2-4,6,8,16H,5,7H2,1H3. The number of rotatable bonds is 4. The third kappa shape index (κ3) is 2.87. The molecule has 0 amide bonds. The van der Waals surface area contributed by atoms with Gasteiger partial charge in [-0.05, 0) is 23.8 Å². The summed E-state index contributed by atoms with van der Waals surface area (Å²) in [5, 5.41) is 8.95. The Morgan fingerprint density at radius 3 is 2.94 bits per heavy atom. The molecule has 0 aliphatic heterocycles. The number of hydrogen-bond acceptors (Lipinski definition) is 3. The molecular formula is C12H13BrN2O2. The molecule has 4 nitrogen and oxygen atoms in total. The maximum Gasteiger partial charge on any atom is 0.119 e. The summed E-state index contributed by atoms with van der Waals surface area (Å²) in [5.41, 5.74) is 1.77.